The van der Waals surface area contributed by atoms with Gasteiger partial charge in [0.2, 0.25) is 0 Å². The van der Waals surface area contributed by atoms with Crippen molar-refractivity contribution >= 4 is 11.7 Å². The molecule has 0 bridgehead atoms. The van der Waals surface area contributed by atoms with Crippen molar-refractivity contribution in [2.24, 2.45) is 7.05 Å². The van der Waals surface area contributed by atoms with Gasteiger partial charge in [-0.15, -0.1) is 0 Å². The van der Waals surface area contributed by atoms with Gasteiger partial charge in [-0.25, -0.2) is 9.97 Å². The lowest BCUT2D eigenvalue weighted by atomic mass is 10.4. The molecule has 2 aromatic rings. The number of amides is 1. The van der Waals surface area contributed by atoms with E-state index in [-0.39, 0.29) is 5.91 Å². The lowest BCUT2D eigenvalue weighted by Gasteiger charge is -2.07. The van der Waals surface area contributed by atoms with Crippen molar-refractivity contribution in [3.8, 4) is 0 Å². The van der Waals surface area contributed by atoms with Crippen LogP contribution in [0.2, 0.25) is 0 Å². The lowest BCUT2D eigenvalue weighted by molar-refractivity contribution is 0.0944. The minimum Gasteiger partial charge on any atom is -0.369 e. The Morgan fingerprint density at radius 2 is 2.25 bits per heavy atom. The molecule has 0 aromatic carbocycles. The average molecular weight is 274 g/mol. The third-order valence-electron chi connectivity index (χ3n) is 2.75. The Hall–Kier alpha value is -2.44. The maximum atomic E-state index is 12.0. The van der Waals surface area contributed by atoms with Crippen LogP contribution in [0.5, 0.6) is 0 Å². The minimum atomic E-state index is -0.263. The van der Waals surface area contributed by atoms with Crippen LogP contribution in [0.3, 0.4) is 0 Å². The second-order valence-electron chi connectivity index (χ2n) is 4.35. The Bertz CT molecular complexity index is 580. The van der Waals surface area contributed by atoms with Crippen LogP contribution in [-0.2, 0) is 13.6 Å². The molecule has 1 amide bonds. The fourth-order valence-electron chi connectivity index (χ4n) is 1.63. The zero-order chi connectivity index (χ0) is 14.4. The first kappa shape index (κ1) is 14.0. The Balaban J connectivity index is 1.96. The first-order valence-corrected chi connectivity index (χ1v) is 6.51. The van der Waals surface area contributed by atoms with E-state index in [9.17, 15) is 4.79 Å². The van der Waals surface area contributed by atoms with Gasteiger partial charge < -0.3 is 15.2 Å². The average Bonchev–Trinajstić information content (AvgIpc) is 2.88. The predicted molar refractivity (Wildman–Crippen MR) is 75.2 cm³/mol. The zero-order valence-corrected chi connectivity index (χ0v) is 11.6. The van der Waals surface area contributed by atoms with Gasteiger partial charge in [0, 0.05) is 26.0 Å². The van der Waals surface area contributed by atoms with E-state index in [1.165, 1.54) is 6.20 Å². The van der Waals surface area contributed by atoms with Crippen molar-refractivity contribution in [1.29, 1.82) is 0 Å². The maximum absolute atomic E-state index is 12.0. The predicted octanol–water partition coefficient (Wildman–Crippen LogP) is 0.962. The van der Waals surface area contributed by atoms with Crippen LogP contribution in [0.1, 0.15) is 29.7 Å². The summed E-state index contributed by atoms with van der Waals surface area (Å²) in [4.78, 5) is 24.4. The van der Waals surface area contributed by atoms with Gasteiger partial charge >= 0.3 is 0 Å². The molecular formula is C13H18N6O. The number of nitrogens with zero attached hydrogens (tertiary/aromatic N) is 4. The third-order valence-corrected chi connectivity index (χ3v) is 2.75. The number of aromatic nitrogens is 4. The van der Waals surface area contributed by atoms with Crippen molar-refractivity contribution in [3.05, 3.63) is 36.3 Å². The number of anilines is 1. The minimum absolute atomic E-state index is 0.263. The molecule has 2 rings (SSSR count). The molecule has 0 aliphatic carbocycles. The van der Waals surface area contributed by atoms with Crippen molar-refractivity contribution in [3.63, 3.8) is 0 Å². The van der Waals surface area contributed by atoms with E-state index in [1.54, 1.807) is 12.4 Å². The van der Waals surface area contributed by atoms with Gasteiger partial charge in [0.05, 0.1) is 18.9 Å². The van der Waals surface area contributed by atoms with Crippen LogP contribution in [-0.4, -0.2) is 32.0 Å². The van der Waals surface area contributed by atoms with Crippen LogP contribution < -0.4 is 10.6 Å². The summed E-state index contributed by atoms with van der Waals surface area (Å²) in [5.41, 5.74) is 0.292. The summed E-state index contributed by atoms with van der Waals surface area (Å²) < 4.78 is 1.85. The molecule has 2 N–H and O–H groups in total. The van der Waals surface area contributed by atoms with Crippen molar-refractivity contribution in [2.75, 3.05) is 11.9 Å². The molecule has 7 heteroatoms. The molecule has 0 aliphatic heterocycles. The third kappa shape index (κ3) is 3.53. The van der Waals surface area contributed by atoms with Gasteiger partial charge in [0.15, 0.2) is 0 Å². The first-order valence-electron chi connectivity index (χ1n) is 6.51. The Morgan fingerprint density at radius 1 is 1.40 bits per heavy atom. The number of aryl methyl sites for hydroxylation is 1. The number of rotatable bonds is 6. The maximum Gasteiger partial charge on any atom is 0.271 e. The largest absolute Gasteiger partial charge is 0.369 e. The van der Waals surface area contributed by atoms with Gasteiger partial charge in [-0.05, 0) is 6.42 Å². The standard InChI is InChI=1S/C13H18N6O/c1-3-4-15-11-8-14-7-10(18-11)13(20)17-9-12-16-5-6-19(12)2/h5-8H,3-4,9H2,1-2H3,(H,15,18)(H,17,20). The number of hydrogen-bond donors (Lipinski definition) is 2. The normalized spacial score (nSPS) is 10.3. The van der Waals surface area contributed by atoms with Gasteiger partial charge in [-0.2, -0.15) is 0 Å². The van der Waals surface area contributed by atoms with E-state index in [2.05, 4.69) is 32.5 Å². The van der Waals surface area contributed by atoms with E-state index < -0.39 is 0 Å². The number of hydrogen-bond acceptors (Lipinski definition) is 5. The molecule has 106 valence electrons. The molecular weight excluding hydrogens is 256 g/mol. The highest BCUT2D eigenvalue weighted by atomic mass is 16.1. The monoisotopic (exact) mass is 274 g/mol. The number of imidazole rings is 1. The Kier molecular flexibility index (Phi) is 4.65. The molecule has 20 heavy (non-hydrogen) atoms. The molecule has 0 fully saturated rings. The van der Waals surface area contributed by atoms with Gasteiger partial charge in [-0.3, -0.25) is 9.78 Å². The molecule has 7 nitrogen and oxygen atoms in total. The van der Waals surface area contributed by atoms with Gasteiger partial charge in [0.1, 0.15) is 17.3 Å². The van der Waals surface area contributed by atoms with E-state index in [1.807, 2.05) is 17.8 Å². The van der Waals surface area contributed by atoms with Crippen molar-refractivity contribution in [1.82, 2.24) is 24.8 Å². The van der Waals surface area contributed by atoms with E-state index >= 15 is 0 Å². The highest BCUT2D eigenvalue weighted by Gasteiger charge is 2.09. The molecule has 0 aliphatic rings. The van der Waals surface area contributed by atoms with Crippen LogP contribution in [0.25, 0.3) is 0 Å². The van der Waals surface area contributed by atoms with E-state index in [4.69, 9.17) is 0 Å². The molecule has 0 spiro atoms. The van der Waals surface area contributed by atoms with E-state index in [0.717, 1.165) is 18.8 Å². The Morgan fingerprint density at radius 3 is 2.95 bits per heavy atom. The van der Waals surface area contributed by atoms with Crippen LogP contribution >= 0.6 is 0 Å². The molecule has 0 saturated carbocycles. The highest BCUT2D eigenvalue weighted by Crippen LogP contribution is 2.03. The highest BCUT2D eigenvalue weighted by molar-refractivity contribution is 5.92. The van der Waals surface area contributed by atoms with Gasteiger partial charge in [0.25, 0.3) is 5.91 Å². The lowest BCUT2D eigenvalue weighted by Crippen LogP contribution is -2.25. The number of carbonyl (C=O) groups is 1. The summed E-state index contributed by atoms with van der Waals surface area (Å²) >= 11 is 0. The SMILES string of the molecule is CCCNc1cncc(C(=O)NCc2nccn2C)n1. The summed E-state index contributed by atoms with van der Waals surface area (Å²) in [6, 6.07) is 0. The van der Waals surface area contributed by atoms with Gasteiger partial charge in [-0.1, -0.05) is 6.92 Å². The zero-order valence-electron chi connectivity index (χ0n) is 11.6. The van der Waals surface area contributed by atoms with Crippen LogP contribution in [0, 0.1) is 0 Å². The molecule has 0 saturated heterocycles. The molecule has 0 radical (unpaired) electrons. The second kappa shape index (κ2) is 6.65. The molecule has 0 unspecified atom stereocenters. The summed E-state index contributed by atoms with van der Waals surface area (Å²) in [7, 11) is 1.88. The molecule has 0 atom stereocenters. The van der Waals surface area contributed by atoms with Crippen LogP contribution in [0.4, 0.5) is 5.82 Å². The summed E-state index contributed by atoms with van der Waals surface area (Å²) in [6.45, 7) is 3.22. The topological polar surface area (TPSA) is 84.7 Å². The van der Waals surface area contributed by atoms with Crippen molar-refractivity contribution in [2.45, 2.75) is 19.9 Å². The molecule has 2 heterocycles. The smallest absolute Gasteiger partial charge is 0.271 e. The second-order valence-corrected chi connectivity index (χ2v) is 4.35. The number of carbonyl (C=O) groups excluding carboxylic acids is 1. The summed E-state index contributed by atoms with van der Waals surface area (Å²) in [5, 5.41) is 5.87. The first-order chi connectivity index (χ1) is 9.70. The fourth-order valence-corrected chi connectivity index (χ4v) is 1.63. The van der Waals surface area contributed by atoms with Crippen LogP contribution in [0.15, 0.2) is 24.8 Å². The number of nitrogens with one attached hydrogen (secondary N) is 2. The summed E-state index contributed by atoms with van der Waals surface area (Å²) in [6.07, 6.45) is 7.56. The fraction of sp³-hybridized carbons (Fsp3) is 0.385. The molecule has 2 aromatic heterocycles. The van der Waals surface area contributed by atoms with E-state index in [0.29, 0.717) is 18.1 Å². The Labute approximate surface area is 117 Å². The quantitative estimate of drug-likeness (QED) is 0.819. The van der Waals surface area contributed by atoms with Crippen molar-refractivity contribution < 1.29 is 4.79 Å². The summed E-state index contributed by atoms with van der Waals surface area (Å²) in [5.74, 6) is 1.13.